The number of hydrogen-bond acceptors (Lipinski definition) is 9. The Hall–Kier alpha value is -2.44. The lowest BCUT2D eigenvalue weighted by Crippen LogP contribution is -2.59. The van der Waals surface area contributed by atoms with Crippen LogP contribution in [0.15, 0.2) is 60.7 Å². The summed E-state index contributed by atoms with van der Waals surface area (Å²) < 4.78 is 37.6. The molecule has 0 radical (unpaired) electrons. The van der Waals surface area contributed by atoms with E-state index in [0.717, 1.165) is 11.1 Å². The summed E-state index contributed by atoms with van der Waals surface area (Å²) in [7, 11) is -2.28. The molecule has 0 aromatic heterocycles. The van der Waals surface area contributed by atoms with E-state index in [1.165, 1.54) is 0 Å². The molecule has 2 saturated heterocycles. The zero-order chi connectivity index (χ0) is 32.1. The van der Waals surface area contributed by atoms with Gasteiger partial charge >= 0.3 is 5.97 Å². The van der Waals surface area contributed by atoms with Gasteiger partial charge in [-0.25, -0.2) is 4.79 Å². The fourth-order valence-corrected chi connectivity index (χ4v) is 7.10. The van der Waals surface area contributed by atoms with Crippen LogP contribution in [0.4, 0.5) is 0 Å². The van der Waals surface area contributed by atoms with Gasteiger partial charge in [0.15, 0.2) is 19.9 Å². The van der Waals surface area contributed by atoms with E-state index < -0.39 is 62.1 Å². The first-order valence-electron chi connectivity index (χ1n) is 15.5. The second-order valence-electron chi connectivity index (χ2n) is 13.4. The maximum atomic E-state index is 13.4. The fraction of sp³-hybridized carbons (Fsp3) is 0.588. The third-order valence-electron chi connectivity index (χ3n) is 7.55. The Labute approximate surface area is 263 Å². The number of rotatable bonds is 14. The summed E-state index contributed by atoms with van der Waals surface area (Å²) in [4.78, 5) is 28.3. The minimum atomic E-state index is -2.28. The maximum Gasteiger partial charge on any atom is 0.374 e. The molecule has 2 fully saturated rings. The SMILES string of the molecule is CCOC(=O)C(=O)C[C@H](O[Si](C)(C)C)[C@H]([C@@H]1OC(C)(C)O[C@@H]1[C@H]1COC(C)(C)O1)N(Cc1ccccc1)Cc1ccccc1. The third kappa shape index (κ3) is 9.53. The molecule has 2 aromatic carbocycles. The molecule has 0 saturated carbocycles. The number of Topliss-reactive ketones (excluding diaryl/α,β-unsaturated/α-hetero) is 1. The molecule has 10 heteroatoms. The standard InChI is InChI=1S/C34H49NO8Si/c1-9-38-32(37)26(36)20-27(43-44(6,7)8)29(31-30(41-34(4,5)42-31)28-23-39-33(2,3)40-28)35(21-24-16-12-10-13-17-24)22-25-18-14-11-15-19-25/h10-19,27-31H,9,20-23H2,1-8H3/t27-,28+,29+,30+,31-/m0/s1. The number of esters is 1. The summed E-state index contributed by atoms with van der Waals surface area (Å²) in [6.07, 6.45) is -2.39. The predicted molar refractivity (Wildman–Crippen MR) is 169 cm³/mol. The van der Waals surface area contributed by atoms with Crippen LogP contribution < -0.4 is 0 Å². The average molecular weight is 628 g/mol. The highest BCUT2D eigenvalue weighted by atomic mass is 28.4. The summed E-state index contributed by atoms with van der Waals surface area (Å²) in [6, 6.07) is 19.8. The van der Waals surface area contributed by atoms with Gasteiger partial charge in [-0.2, -0.15) is 0 Å². The van der Waals surface area contributed by atoms with E-state index >= 15 is 0 Å². The summed E-state index contributed by atoms with van der Waals surface area (Å²) in [5.41, 5.74) is 2.18. The minimum Gasteiger partial charge on any atom is -0.460 e. The van der Waals surface area contributed by atoms with E-state index in [-0.39, 0.29) is 13.0 Å². The van der Waals surface area contributed by atoms with Crippen LogP contribution in [-0.2, 0) is 50.8 Å². The largest absolute Gasteiger partial charge is 0.460 e. The zero-order valence-electron chi connectivity index (χ0n) is 27.4. The van der Waals surface area contributed by atoms with Crippen LogP contribution in [0.1, 0.15) is 52.2 Å². The molecule has 0 aliphatic carbocycles. The Balaban J connectivity index is 1.84. The molecule has 5 atom stereocenters. The van der Waals surface area contributed by atoms with Crippen molar-refractivity contribution < 1.29 is 37.7 Å². The van der Waals surface area contributed by atoms with Crippen LogP contribution in [0.5, 0.6) is 0 Å². The van der Waals surface area contributed by atoms with Crippen molar-refractivity contribution in [2.24, 2.45) is 0 Å². The van der Waals surface area contributed by atoms with E-state index in [0.29, 0.717) is 19.7 Å². The summed E-state index contributed by atoms with van der Waals surface area (Å²) in [6.45, 7) is 17.0. The van der Waals surface area contributed by atoms with Crippen LogP contribution in [0.25, 0.3) is 0 Å². The minimum absolute atomic E-state index is 0.117. The molecule has 2 aliphatic rings. The Bertz CT molecular complexity index is 1190. The summed E-state index contributed by atoms with van der Waals surface area (Å²) in [5, 5.41) is 0. The monoisotopic (exact) mass is 627 g/mol. The molecule has 0 unspecified atom stereocenters. The number of hydrogen-bond donors (Lipinski definition) is 0. The van der Waals surface area contributed by atoms with Gasteiger partial charge in [-0.05, 0) is 65.4 Å². The lowest BCUT2D eigenvalue weighted by Gasteiger charge is -2.43. The molecule has 0 N–H and O–H groups in total. The maximum absolute atomic E-state index is 13.4. The Kier molecular flexibility index (Phi) is 11.2. The fourth-order valence-electron chi connectivity index (χ4n) is 5.97. The predicted octanol–water partition coefficient (Wildman–Crippen LogP) is 5.47. The topological polar surface area (TPSA) is 92.8 Å². The second-order valence-corrected chi connectivity index (χ2v) is 17.9. The molecule has 2 aromatic rings. The Morgan fingerprint density at radius 3 is 1.93 bits per heavy atom. The quantitative estimate of drug-likeness (QED) is 0.154. The van der Waals surface area contributed by atoms with Gasteiger partial charge in [0, 0.05) is 19.5 Å². The van der Waals surface area contributed by atoms with Gasteiger partial charge in [0.25, 0.3) is 0 Å². The lowest BCUT2D eigenvalue weighted by atomic mass is 9.91. The highest BCUT2D eigenvalue weighted by molar-refractivity contribution is 6.69. The van der Waals surface area contributed by atoms with Crippen molar-refractivity contribution in [3.05, 3.63) is 71.8 Å². The van der Waals surface area contributed by atoms with Crippen molar-refractivity contribution in [3.8, 4) is 0 Å². The molecule has 4 rings (SSSR count). The smallest absolute Gasteiger partial charge is 0.374 e. The van der Waals surface area contributed by atoms with Gasteiger partial charge in [-0.3, -0.25) is 9.69 Å². The molecule has 2 heterocycles. The van der Waals surface area contributed by atoms with Crippen molar-refractivity contribution in [2.75, 3.05) is 13.2 Å². The summed E-state index contributed by atoms with van der Waals surface area (Å²) in [5.74, 6) is -3.20. The third-order valence-corrected chi connectivity index (χ3v) is 8.56. The number of carbonyl (C=O) groups is 2. The van der Waals surface area contributed by atoms with Crippen molar-refractivity contribution in [3.63, 3.8) is 0 Å². The lowest BCUT2D eigenvalue weighted by molar-refractivity contribution is -0.175. The van der Waals surface area contributed by atoms with Crippen molar-refractivity contribution in [1.82, 2.24) is 4.90 Å². The van der Waals surface area contributed by atoms with Gasteiger partial charge < -0.3 is 28.1 Å². The van der Waals surface area contributed by atoms with Crippen LogP contribution >= 0.6 is 0 Å². The number of benzene rings is 2. The van der Waals surface area contributed by atoms with E-state index in [4.69, 9.17) is 28.1 Å². The first-order valence-corrected chi connectivity index (χ1v) is 18.9. The zero-order valence-corrected chi connectivity index (χ0v) is 28.4. The number of ether oxygens (including phenoxy) is 5. The van der Waals surface area contributed by atoms with Crippen LogP contribution in [0.3, 0.4) is 0 Å². The molecular formula is C34H49NO8Si. The van der Waals surface area contributed by atoms with Crippen LogP contribution in [0.2, 0.25) is 19.6 Å². The van der Waals surface area contributed by atoms with E-state index in [1.54, 1.807) is 6.92 Å². The highest BCUT2D eigenvalue weighted by Gasteiger charge is 2.55. The average Bonchev–Trinajstić information content (AvgIpc) is 3.46. The molecule has 0 bridgehead atoms. The molecule has 9 nitrogen and oxygen atoms in total. The van der Waals surface area contributed by atoms with Gasteiger partial charge in [0.1, 0.15) is 18.3 Å². The van der Waals surface area contributed by atoms with E-state index in [1.807, 2.05) is 64.1 Å². The molecule has 2 aliphatic heterocycles. The first kappa shape index (κ1) is 34.4. The Morgan fingerprint density at radius 1 is 0.886 bits per heavy atom. The van der Waals surface area contributed by atoms with Gasteiger partial charge in [0.2, 0.25) is 5.78 Å². The van der Waals surface area contributed by atoms with E-state index in [9.17, 15) is 9.59 Å². The highest BCUT2D eigenvalue weighted by Crippen LogP contribution is 2.40. The number of nitrogens with zero attached hydrogens (tertiary/aromatic N) is 1. The van der Waals surface area contributed by atoms with Gasteiger partial charge in [-0.15, -0.1) is 0 Å². The van der Waals surface area contributed by atoms with Gasteiger partial charge in [0.05, 0.1) is 25.4 Å². The van der Waals surface area contributed by atoms with Crippen LogP contribution in [0, 0.1) is 0 Å². The van der Waals surface area contributed by atoms with Crippen molar-refractivity contribution in [1.29, 1.82) is 0 Å². The number of ketones is 1. The molecular weight excluding hydrogens is 578 g/mol. The first-order chi connectivity index (χ1) is 20.7. The molecule has 0 spiro atoms. The van der Waals surface area contributed by atoms with Gasteiger partial charge in [-0.1, -0.05) is 60.7 Å². The molecule has 0 amide bonds. The van der Waals surface area contributed by atoms with E-state index in [2.05, 4.69) is 48.8 Å². The molecule has 44 heavy (non-hydrogen) atoms. The van der Waals surface area contributed by atoms with Crippen molar-refractivity contribution in [2.45, 2.75) is 116 Å². The second kappa shape index (κ2) is 14.3. The summed E-state index contributed by atoms with van der Waals surface area (Å²) >= 11 is 0. The normalized spacial score (nSPS) is 24.2. The van der Waals surface area contributed by atoms with Crippen LogP contribution in [-0.4, -0.2) is 80.2 Å². The Morgan fingerprint density at radius 2 is 1.45 bits per heavy atom. The molecule has 242 valence electrons. The number of carbonyl (C=O) groups excluding carboxylic acids is 2. The van der Waals surface area contributed by atoms with Crippen molar-refractivity contribution >= 4 is 20.1 Å².